The van der Waals surface area contributed by atoms with Crippen molar-refractivity contribution in [3.8, 4) is 11.5 Å². The Hall–Kier alpha value is -2.28. The summed E-state index contributed by atoms with van der Waals surface area (Å²) in [6, 6.07) is 5.71. The number of hydrogen-bond acceptors (Lipinski definition) is 4. The number of likely N-dealkylation sites (N-methyl/N-ethyl adjacent to an activating group) is 1. The molecule has 29 heavy (non-hydrogen) atoms. The van der Waals surface area contributed by atoms with Crippen LogP contribution in [0.15, 0.2) is 18.2 Å². The SMILES string of the molecule is CCOc1ccc(NC(=O)C[NH+](C)CC(=O)N2CCCC[C@@H]2CC)cc1OCC. The van der Waals surface area contributed by atoms with Crippen molar-refractivity contribution >= 4 is 17.5 Å². The van der Waals surface area contributed by atoms with Crippen LogP contribution in [0.5, 0.6) is 11.5 Å². The van der Waals surface area contributed by atoms with Gasteiger partial charge >= 0.3 is 0 Å². The number of quaternary nitrogens is 1. The van der Waals surface area contributed by atoms with Crippen LogP contribution >= 0.6 is 0 Å². The van der Waals surface area contributed by atoms with Crippen LogP contribution in [0.2, 0.25) is 0 Å². The minimum Gasteiger partial charge on any atom is -0.490 e. The van der Waals surface area contributed by atoms with Gasteiger partial charge in [0, 0.05) is 24.3 Å². The van der Waals surface area contributed by atoms with E-state index in [1.165, 1.54) is 6.42 Å². The van der Waals surface area contributed by atoms with Crippen LogP contribution in [0.4, 0.5) is 5.69 Å². The zero-order valence-corrected chi connectivity index (χ0v) is 18.3. The molecule has 0 spiro atoms. The van der Waals surface area contributed by atoms with Crippen LogP contribution in [0, 0.1) is 0 Å². The lowest BCUT2D eigenvalue weighted by Gasteiger charge is -2.35. The van der Waals surface area contributed by atoms with Crippen LogP contribution < -0.4 is 19.7 Å². The summed E-state index contributed by atoms with van der Waals surface area (Å²) in [6.45, 7) is 8.41. The minimum atomic E-state index is -0.132. The first-order chi connectivity index (χ1) is 14.0. The molecule has 7 nitrogen and oxygen atoms in total. The van der Waals surface area contributed by atoms with Crippen molar-refractivity contribution in [1.82, 2.24) is 4.90 Å². The number of hydrogen-bond donors (Lipinski definition) is 2. The molecule has 0 radical (unpaired) electrons. The van der Waals surface area contributed by atoms with Crippen LogP contribution in [0.25, 0.3) is 0 Å². The van der Waals surface area contributed by atoms with Crippen LogP contribution in [-0.4, -0.2) is 62.7 Å². The fourth-order valence-electron chi connectivity index (χ4n) is 3.78. The smallest absolute Gasteiger partial charge is 0.279 e. The van der Waals surface area contributed by atoms with Gasteiger partial charge in [-0.05, 0) is 51.7 Å². The van der Waals surface area contributed by atoms with E-state index in [4.69, 9.17) is 9.47 Å². The van der Waals surface area contributed by atoms with Crippen LogP contribution in [0.1, 0.15) is 46.5 Å². The Labute approximate surface area is 174 Å². The maximum absolute atomic E-state index is 12.7. The highest BCUT2D eigenvalue weighted by atomic mass is 16.5. The van der Waals surface area contributed by atoms with Crippen molar-refractivity contribution in [2.75, 3.05) is 45.2 Å². The number of rotatable bonds is 10. The van der Waals surface area contributed by atoms with E-state index in [2.05, 4.69) is 12.2 Å². The molecule has 1 aliphatic rings. The lowest BCUT2D eigenvalue weighted by atomic mass is 10.00. The van der Waals surface area contributed by atoms with E-state index in [1.54, 1.807) is 18.2 Å². The lowest BCUT2D eigenvalue weighted by Crippen LogP contribution is -3.11. The minimum absolute atomic E-state index is 0.132. The van der Waals surface area contributed by atoms with E-state index < -0.39 is 0 Å². The molecule has 1 unspecified atom stereocenters. The van der Waals surface area contributed by atoms with Gasteiger partial charge in [0.05, 0.1) is 20.3 Å². The molecule has 1 saturated heterocycles. The molecule has 162 valence electrons. The Bertz CT molecular complexity index is 680. The van der Waals surface area contributed by atoms with Crippen molar-refractivity contribution in [3.05, 3.63) is 18.2 Å². The fraction of sp³-hybridized carbons (Fsp3) is 0.636. The topological polar surface area (TPSA) is 72.3 Å². The van der Waals surface area contributed by atoms with E-state index in [-0.39, 0.29) is 18.4 Å². The average Bonchev–Trinajstić information content (AvgIpc) is 2.70. The van der Waals surface area contributed by atoms with Crippen molar-refractivity contribution < 1.29 is 24.0 Å². The molecule has 1 aliphatic heterocycles. The Morgan fingerprint density at radius 3 is 2.52 bits per heavy atom. The molecule has 2 amide bonds. The van der Waals surface area contributed by atoms with E-state index >= 15 is 0 Å². The Morgan fingerprint density at radius 1 is 1.10 bits per heavy atom. The van der Waals surface area contributed by atoms with Crippen molar-refractivity contribution in [3.63, 3.8) is 0 Å². The molecule has 2 rings (SSSR count). The summed E-state index contributed by atoms with van der Waals surface area (Å²) in [7, 11) is 1.88. The number of carbonyl (C=O) groups excluding carboxylic acids is 2. The molecule has 0 bridgehead atoms. The summed E-state index contributed by atoms with van der Waals surface area (Å²) in [5, 5.41) is 2.89. The fourth-order valence-corrected chi connectivity index (χ4v) is 3.78. The Morgan fingerprint density at radius 2 is 1.83 bits per heavy atom. The molecule has 1 aromatic carbocycles. The number of carbonyl (C=O) groups is 2. The molecule has 1 aromatic rings. The number of benzene rings is 1. The third-order valence-electron chi connectivity index (χ3n) is 5.16. The number of nitrogens with one attached hydrogen (secondary N) is 2. The Kier molecular flexibility index (Phi) is 9.25. The molecule has 0 aliphatic carbocycles. The first kappa shape index (κ1) is 23.0. The Balaban J connectivity index is 1.89. The van der Waals surface area contributed by atoms with Gasteiger partial charge in [0.25, 0.3) is 11.8 Å². The van der Waals surface area contributed by atoms with Crippen molar-refractivity contribution in [2.45, 2.75) is 52.5 Å². The van der Waals surface area contributed by atoms with Gasteiger partial charge in [-0.25, -0.2) is 0 Å². The van der Waals surface area contributed by atoms with E-state index in [0.29, 0.717) is 43.0 Å². The van der Waals surface area contributed by atoms with Gasteiger partial charge in [-0.2, -0.15) is 0 Å². The molecule has 2 N–H and O–H groups in total. The summed E-state index contributed by atoms with van der Waals surface area (Å²) in [6.07, 6.45) is 4.34. The molecule has 0 saturated carbocycles. The quantitative estimate of drug-likeness (QED) is 0.621. The summed E-state index contributed by atoms with van der Waals surface area (Å²) >= 11 is 0. The summed E-state index contributed by atoms with van der Waals surface area (Å²) in [4.78, 5) is 28.0. The number of likely N-dealkylation sites (tertiary alicyclic amines) is 1. The van der Waals surface area contributed by atoms with Crippen LogP contribution in [0.3, 0.4) is 0 Å². The summed E-state index contributed by atoms with van der Waals surface area (Å²) in [5.41, 5.74) is 0.656. The molecule has 7 heteroatoms. The first-order valence-corrected chi connectivity index (χ1v) is 10.8. The predicted molar refractivity (Wildman–Crippen MR) is 114 cm³/mol. The van der Waals surface area contributed by atoms with Gasteiger partial charge in [0.15, 0.2) is 24.6 Å². The highest BCUT2D eigenvalue weighted by Gasteiger charge is 2.27. The monoisotopic (exact) mass is 406 g/mol. The largest absolute Gasteiger partial charge is 0.490 e. The zero-order chi connectivity index (χ0) is 21.2. The lowest BCUT2D eigenvalue weighted by molar-refractivity contribution is -0.862. The highest BCUT2D eigenvalue weighted by Crippen LogP contribution is 2.30. The summed E-state index contributed by atoms with van der Waals surface area (Å²) in [5.74, 6) is 1.28. The van der Waals surface area contributed by atoms with Gasteiger partial charge in [0.2, 0.25) is 0 Å². The maximum atomic E-state index is 12.7. The third-order valence-corrected chi connectivity index (χ3v) is 5.16. The number of piperidine rings is 1. The van der Waals surface area contributed by atoms with E-state index in [0.717, 1.165) is 30.7 Å². The third kappa shape index (κ3) is 6.92. The van der Waals surface area contributed by atoms with Crippen molar-refractivity contribution in [2.24, 2.45) is 0 Å². The first-order valence-electron chi connectivity index (χ1n) is 10.8. The van der Waals surface area contributed by atoms with Gasteiger partial charge in [0.1, 0.15) is 0 Å². The van der Waals surface area contributed by atoms with Gasteiger partial charge in [-0.1, -0.05) is 6.92 Å². The van der Waals surface area contributed by atoms with Gasteiger partial charge in [-0.15, -0.1) is 0 Å². The zero-order valence-electron chi connectivity index (χ0n) is 18.3. The molecule has 2 atom stereocenters. The standard InChI is InChI=1S/C22H35N3O4/c1-5-18-10-8-9-13-25(18)22(27)16-24(4)15-21(26)23-17-11-12-19(28-6-2)20(14-17)29-7-3/h11-12,14,18H,5-10,13,15-16H2,1-4H3,(H,23,26)/p+1/t18-/m0/s1. The molecule has 1 heterocycles. The second-order valence-electron chi connectivity index (χ2n) is 7.53. The van der Waals surface area contributed by atoms with Crippen LogP contribution in [-0.2, 0) is 9.59 Å². The predicted octanol–water partition coefficient (Wildman–Crippen LogP) is 1.73. The summed E-state index contributed by atoms with van der Waals surface area (Å²) < 4.78 is 11.2. The van der Waals surface area contributed by atoms with E-state index in [9.17, 15) is 9.59 Å². The van der Waals surface area contributed by atoms with Gasteiger partial charge < -0.3 is 24.6 Å². The second-order valence-corrected chi connectivity index (χ2v) is 7.53. The normalized spacial score (nSPS) is 17.5. The number of ether oxygens (including phenoxy) is 2. The highest BCUT2D eigenvalue weighted by molar-refractivity contribution is 5.92. The maximum Gasteiger partial charge on any atom is 0.279 e. The number of nitrogens with zero attached hydrogens (tertiary/aromatic N) is 1. The molecule has 0 aromatic heterocycles. The van der Waals surface area contributed by atoms with Crippen molar-refractivity contribution in [1.29, 1.82) is 0 Å². The van der Waals surface area contributed by atoms with E-state index in [1.807, 2.05) is 25.8 Å². The molecular weight excluding hydrogens is 370 g/mol. The van der Waals surface area contributed by atoms with Gasteiger partial charge in [-0.3, -0.25) is 9.59 Å². The molecular formula is C22H36N3O4+. The number of anilines is 1. The second kappa shape index (κ2) is 11.7. The average molecular weight is 407 g/mol. The number of amides is 2. The molecule has 1 fully saturated rings.